The molecule has 0 aliphatic rings. The Morgan fingerprint density at radius 3 is 2.66 bits per heavy atom. The first kappa shape index (κ1) is 20.5. The van der Waals surface area contributed by atoms with Crippen molar-refractivity contribution in [3.8, 4) is 0 Å². The largest absolute Gasteiger partial charge is 0.468 e. The molecule has 3 rings (SSSR count). The van der Waals surface area contributed by atoms with Crippen LogP contribution in [0.1, 0.15) is 33.3 Å². The van der Waals surface area contributed by atoms with E-state index in [-0.39, 0.29) is 18.8 Å². The molecule has 0 unspecified atom stereocenters. The minimum Gasteiger partial charge on any atom is -0.468 e. The van der Waals surface area contributed by atoms with E-state index in [1.807, 2.05) is 0 Å². The van der Waals surface area contributed by atoms with E-state index in [0.29, 0.717) is 26.1 Å². The molecule has 0 aliphatic carbocycles. The smallest absolute Gasteiger partial charge is 0.338 e. The monoisotopic (exact) mass is 416 g/mol. The third-order valence-electron chi connectivity index (χ3n) is 4.12. The number of aromatic nitrogens is 3. The van der Waals surface area contributed by atoms with Gasteiger partial charge in [0.05, 0.1) is 29.5 Å². The van der Waals surface area contributed by atoms with Crippen molar-refractivity contribution in [2.24, 2.45) is 12.0 Å². The molecule has 0 spiro atoms. The number of fused-ring (bicyclic) bond motifs is 1. The van der Waals surface area contributed by atoms with Crippen LogP contribution in [-0.2, 0) is 27.9 Å². The van der Waals surface area contributed by atoms with Crippen LogP contribution in [-0.4, -0.2) is 45.9 Å². The third-order valence-corrected chi connectivity index (χ3v) is 5.16. The van der Waals surface area contributed by atoms with Crippen LogP contribution in [0.15, 0.2) is 29.4 Å². The third kappa shape index (κ3) is 4.27. The Hall–Kier alpha value is -3.27. The zero-order chi connectivity index (χ0) is 21.1. The van der Waals surface area contributed by atoms with Gasteiger partial charge < -0.3 is 14.0 Å². The van der Waals surface area contributed by atoms with E-state index in [0.717, 1.165) is 0 Å². The van der Waals surface area contributed by atoms with Gasteiger partial charge in [0.25, 0.3) is 5.91 Å². The Labute approximate surface area is 170 Å². The fourth-order valence-electron chi connectivity index (χ4n) is 2.80. The molecule has 3 aromatic rings. The first-order chi connectivity index (χ1) is 13.8. The zero-order valence-electron chi connectivity index (χ0n) is 16.5. The summed E-state index contributed by atoms with van der Waals surface area (Å²) in [5.41, 5.74) is 1.97. The van der Waals surface area contributed by atoms with Crippen molar-refractivity contribution in [3.63, 3.8) is 0 Å². The molecule has 29 heavy (non-hydrogen) atoms. The lowest BCUT2D eigenvalue weighted by atomic mass is 10.2. The molecule has 0 N–H and O–H groups in total. The van der Waals surface area contributed by atoms with Crippen LogP contribution >= 0.6 is 11.3 Å². The second-order valence-electron chi connectivity index (χ2n) is 6.20. The minimum atomic E-state index is -0.515. The zero-order valence-corrected chi connectivity index (χ0v) is 17.3. The summed E-state index contributed by atoms with van der Waals surface area (Å²) in [6, 6.07) is 4.95. The van der Waals surface area contributed by atoms with Gasteiger partial charge in [-0.05, 0) is 32.0 Å². The quantitative estimate of drug-likeness (QED) is 0.588. The number of carbonyl (C=O) groups is 3. The highest BCUT2D eigenvalue weighted by Gasteiger charge is 2.17. The molecule has 152 valence electrons. The molecule has 0 saturated carbocycles. The number of aryl methyl sites for hydroxylation is 2. The van der Waals surface area contributed by atoms with Crippen LogP contribution in [0.2, 0.25) is 0 Å². The average Bonchev–Trinajstić information content (AvgIpc) is 3.20. The fourth-order valence-corrected chi connectivity index (χ4v) is 3.87. The molecule has 1 aromatic carbocycles. The van der Waals surface area contributed by atoms with Gasteiger partial charge in [0.2, 0.25) is 0 Å². The van der Waals surface area contributed by atoms with Gasteiger partial charge in [-0.2, -0.15) is 10.1 Å². The molecule has 1 amide bonds. The topological polar surface area (TPSA) is 105 Å². The van der Waals surface area contributed by atoms with Crippen molar-refractivity contribution in [1.82, 2.24) is 14.3 Å². The molecule has 0 bridgehead atoms. The molecule has 0 fully saturated rings. The van der Waals surface area contributed by atoms with Gasteiger partial charge in [0, 0.05) is 18.8 Å². The van der Waals surface area contributed by atoms with Crippen LogP contribution in [0.4, 0.5) is 0 Å². The van der Waals surface area contributed by atoms with Crippen LogP contribution in [0.3, 0.4) is 0 Å². The summed E-state index contributed by atoms with van der Waals surface area (Å²) in [5.74, 6) is -1.44. The van der Waals surface area contributed by atoms with E-state index in [1.165, 1.54) is 23.1 Å². The number of amides is 1. The summed E-state index contributed by atoms with van der Waals surface area (Å²) in [4.78, 5) is 41.1. The standard InChI is InChI=1S/C19H20N4O5S/c1-5-28-18(26)12-6-7-13-14(8-12)29-19(23(13)10-15(24)27-4)20-17(25)16-11(2)9-22(3)21-16/h6-9H,5,10H2,1-4H3. The Kier molecular flexibility index (Phi) is 5.92. The molecular weight excluding hydrogens is 396 g/mol. The maximum Gasteiger partial charge on any atom is 0.338 e. The number of thiazole rings is 1. The maximum atomic E-state index is 12.7. The number of hydrogen-bond donors (Lipinski definition) is 0. The summed E-state index contributed by atoms with van der Waals surface area (Å²) in [7, 11) is 3.01. The summed E-state index contributed by atoms with van der Waals surface area (Å²) in [6.07, 6.45) is 1.72. The lowest BCUT2D eigenvalue weighted by Gasteiger charge is -2.05. The predicted molar refractivity (Wildman–Crippen MR) is 106 cm³/mol. The van der Waals surface area contributed by atoms with Crippen molar-refractivity contribution in [2.75, 3.05) is 13.7 Å². The summed E-state index contributed by atoms with van der Waals surface area (Å²) in [5, 5.41) is 4.14. The van der Waals surface area contributed by atoms with Crippen molar-refractivity contribution >= 4 is 39.4 Å². The van der Waals surface area contributed by atoms with Crippen LogP contribution in [0.5, 0.6) is 0 Å². The molecule has 0 aliphatic heterocycles. The molecule has 0 saturated heterocycles. The number of methoxy groups -OCH3 is 1. The highest BCUT2D eigenvalue weighted by Crippen LogP contribution is 2.20. The van der Waals surface area contributed by atoms with E-state index in [9.17, 15) is 14.4 Å². The Morgan fingerprint density at radius 2 is 2.03 bits per heavy atom. The Bertz CT molecular complexity index is 1170. The molecule has 10 heteroatoms. The fraction of sp³-hybridized carbons (Fsp3) is 0.316. The molecule has 2 aromatic heterocycles. The first-order valence-electron chi connectivity index (χ1n) is 8.80. The van der Waals surface area contributed by atoms with E-state index in [2.05, 4.69) is 10.1 Å². The van der Waals surface area contributed by atoms with Gasteiger partial charge in [0.15, 0.2) is 10.5 Å². The van der Waals surface area contributed by atoms with E-state index in [4.69, 9.17) is 9.47 Å². The maximum absolute atomic E-state index is 12.7. The number of nitrogens with zero attached hydrogens (tertiary/aromatic N) is 4. The van der Waals surface area contributed by atoms with Gasteiger partial charge in [0.1, 0.15) is 6.54 Å². The first-order valence-corrected chi connectivity index (χ1v) is 9.62. The van der Waals surface area contributed by atoms with E-state index >= 15 is 0 Å². The minimum absolute atomic E-state index is 0.122. The molecular formula is C19H20N4O5S. The highest BCUT2D eigenvalue weighted by atomic mass is 32.1. The second-order valence-corrected chi connectivity index (χ2v) is 7.21. The van der Waals surface area contributed by atoms with Crippen molar-refractivity contribution < 1.29 is 23.9 Å². The van der Waals surface area contributed by atoms with Gasteiger partial charge in [-0.3, -0.25) is 14.3 Å². The Morgan fingerprint density at radius 1 is 1.28 bits per heavy atom. The molecule has 9 nitrogen and oxygen atoms in total. The van der Waals surface area contributed by atoms with Gasteiger partial charge in [-0.15, -0.1) is 0 Å². The van der Waals surface area contributed by atoms with Crippen molar-refractivity contribution in [2.45, 2.75) is 20.4 Å². The number of ether oxygens (including phenoxy) is 2. The Balaban J connectivity index is 2.14. The number of esters is 2. The van der Waals surface area contributed by atoms with Gasteiger partial charge >= 0.3 is 11.9 Å². The number of rotatable bonds is 5. The molecule has 2 heterocycles. The number of carbonyl (C=O) groups excluding carboxylic acids is 3. The molecule has 0 atom stereocenters. The van der Waals surface area contributed by atoms with Crippen LogP contribution < -0.4 is 4.80 Å². The van der Waals surface area contributed by atoms with Gasteiger partial charge in [-0.25, -0.2) is 4.79 Å². The average molecular weight is 416 g/mol. The lowest BCUT2D eigenvalue weighted by molar-refractivity contribution is -0.141. The lowest BCUT2D eigenvalue weighted by Crippen LogP contribution is -2.22. The van der Waals surface area contributed by atoms with Crippen LogP contribution in [0.25, 0.3) is 10.2 Å². The summed E-state index contributed by atoms with van der Waals surface area (Å²) < 4.78 is 13.6. The van der Waals surface area contributed by atoms with Gasteiger partial charge in [-0.1, -0.05) is 11.3 Å². The van der Waals surface area contributed by atoms with Crippen LogP contribution in [0, 0.1) is 6.92 Å². The number of benzene rings is 1. The SMILES string of the molecule is CCOC(=O)c1ccc2c(c1)sc(=NC(=O)c1nn(C)cc1C)n2CC(=O)OC. The normalized spacial score (nSPS) is 11.7. The summed E-state index contributed by atoms with van der Waals surface area (Å²) in [6.45, 7) is 3.65. The van der Waals surface area contributed by atoms with Crippen molar-refractivity contribution in [1.29, 1.82) is 0 Å². The van der Waals surface area contributed by atoms with Crippen molar-refractivity contribution in [3.05, 3.63) is 46.0 Å². The second kappa shape index (κ2) is 8.39. The van der Waals surface area contributed by atoms with E-state index in [1.54, 1.807) is 49.9 Å². The predicted octanol–water partition coefficient (Wildman–Crippen LogP) is 1.84. The molecule has 0 radical (unpaired) electrons. The summed E-state index contributed by atoms with van der Waals surface area (Å²) >= 11 is 1.19. The highest BCUT2D eigenvalue weighted by molar-refractivity contribution is 7.16. The number of hydrogen-bond acceptors (Lipinski definition) is 7. The van der Waals surface area contributed by atoms with E-state index < -0.39 is 17.8 Å².